The molecule has 0 radical (unpaired) electrons. The summed E-state index contributed by atoms with van der Waals surface area (Å²) >= 11 is 0. The molecule has 1 atom stereocenters. The summed E-state index contributed by atoms with van der Waals surface area (Å²) in [6.45, 7) is 6.84. The van der Waals surface area contributed by atoms with Crippen LogP contribution >= 0.6 is 0 Å². The lowest BCUT2D eigenvalue weighted by Crippen LogP contribution is -2.30. The second-order valence-electron chi connectivity index (χ2n) is 6.98. The summed E-state index contributed by atoms with van der Waals surface area (Å²) in [5, 5.41) is 4.30. The summed E-state index contributed by atoms with van der Waals surface area (Å²) in [5.41, 5.74) is 0.723. The summed E-state index contributed by atoms with van der Waals surface area (Å²) in [5.74, 6) is 0. The summed E-state index contributed by atoms with van der Waals surface area (Å²) in [4.78, 5) is 5.52. The molecule has 7 heteroatoms. The van der Waals surface area contributed by atoms with E-state index in [1.807, 2.05) is 20.8 Å². The van der Waals surface area contributed by atoms with Crippen LogP contribution in [0.5, 0.6) is 0 Å². The molecule has 136 valence electrons. The van der Waals surface area contributed by atoms with Gasteiger partial charge >= 0.3 is 0 Å². The predicted octanol–water partition coefficient (Wildman–Crippen LogP) is 3.26. The Labute approximate surface area is 140 Å². The third kappa shape index (κ3) is 10.7. The van der Waals surface area contributed by atoms with Crippen molar-refractivity contribution in [1.82, 2.24) is 0 Å². The van der Waals surface area contributed by atoms with Crippen LogP contribution in [0.15, 0.2) is 5.16 Å². The zero-order valence-corrected chi connectivity index (χ0v) is 15.7. The Balaban J connectivity index is 2.23. The van der Waals surface area contributed by atoms with Gasteiger partial charge in [-0.05, 0) is 59.3 Å². The standard InChI is InChI=1S/C16H31NO5S/c1-16(2,3)22-17-14-10-6-7-11-15(14)20-12-8-5-9-13-21-23(4,18)19/h15H,5-13H2,1-4H3. The van der Waals surface area contributed by atoms with Crippen LogP contribution in [0.2, 0.25) is 0 Å². The van der Waals surface area contributed by atoms with Gasteiger partial charge in [0.15, 0.2) is 0 Å². The topological polar surface area (TPSA) is 74.2 Å². The molecule has 0 aromatic rings. The molecule has 1 aliphatic carbocycles. The van der Waals surface area contributed by atoms with Gasteiger partial charge in [0.05, 0.1) is 24.7 Å². The van der Waals surface area contributed by atoms with Crippen molar-refractivity contribution < 1.29 is 22.2 Å². The quantitative estimate of drug-likeness (QED) is 0.363. The predicted molar refractivity (Wildman–Crippen MR) is 91.1 cm³/mol. The maximum atomic E-state index is 10.8. The van der Waals surface area contributed by atoms with Gasteiger partial charge in [-0.2, -0.15) is 8.42 Å². The van der Waals surface area contributed by atoms with E-state index in [0.717, 1.165) is 56.9 Å². The first kappa shape index (κ1) is 20.4. The molecule has 0 saturated heterocycles. The number of unbranched alkanes of at least 4 members (excludes halogenated alkanes) is 2. The van der Waals surface area contributed by atoms with Gasteiger partial charge in [-0.1, -0.05) is 11.6 Å². The van der Waals surface area contributed by atoms with E-state index < -0.39 is 10.1 Å². The van der Waals surface area contributed by atoms with Crippen LogP contribution in [-0.2, 0) is 23.9 Å². The number of nitrogens with zero attached hydrogens (tertiary/aromatic N) is 1. The van der Waals surface area contributed by atoms with Gasteiger partial charge in [-0.15, -0.1) is 0 Å². The third-order valence-corrected chi connectivity index (χ3v) is 3.96. The van der Waals surface area contributed by atoms with Crippen LogP contribution in [0, 0.1) is 0 Å². The highest BCUT2D eigenvalue weighted by molar-refractivity contribution is 7.85. The molecule has 6 nitrogen and oxygen atoms in total. The number of hydrogen-bond donors (Lipinski definition) is 0. The van der Waals surface area contributed by atoms with Crippen LogP contribution in [0.3, 0.4) is 0 Å². The molecule has 0 heterocycles. The van der Waals surface area contributed by atoms with Crippen molar-refractivity contribution in [2.45, 2.75) is 77.4 Å². The van der Waals surface area contributed by atoms with E-state index in [2.05, 4.69) is 5.16 Å². The maximum Gasteiger partial charge on any atom is 0.264 e. The normalized spacial score (nSPS) is 21.6. The van der Waals surface area contributed by atoms with Crippen molar-refractivity contribution in [2.24, 2.45) is 5.16 Å². The number of hydrogen-bond acceptors (Lipinski definition) is 6. The minimum atomic E-state index is -3.32. The van der Waals surface area contributed by atoms with Crippen LogP contribution in [0.25, 0.3) is 0 Å². The SMILES string of the molecule is CC(C)(C)ON=C1CCCCC1OCCCCCOS(C)(=O)=O. The minimum Gasteiger partial charge on any atom is -0.390 e. The summed E-state index contributed by atoms with van der Waals surface area (Å²) in [7, 11) is -3.32. The minimum absolute atomic E-state index is 0.0540. The van der Waals surface area contributed by atoms with Crippen LogP contribution in [0.1, 0.15) is 65.7 Å². The van der Waals surface area contributed by atoms with Gasteiger partial charge in [-0.25, -0.2) is 0 Å². The molecule has 0 aliphatic heterocycles. The monoisotopic (exact) mass is 349 g/mol. The average Bonchev–Trinajstić information content (AvgIpc) is 2.43. The van der Waals surface area contributed by atoms with Crippen molar-refractivity contribution in [3.05, 3.63) is 0 Å². The van der Waals surface area contributed by atoms with Crippen LogP contribution in [-0.4, -0.2) is 45.3 Å². The van der Waals surface area contributed by atoms with Crippen molar-refractivity contribution >= 4 is 15.8 Å². The van der Waals surface area contributed by atoms with Gasteiger partial charge < -0.3 is 9.57 Å². The Morgan fingerprint density at radius 3 is 2.48 bits per heavy atom. The van der Waals surface area contributed by atoms with Crippen molar-refractivity contribution in [1.29, 1.82) is 0 Å². The second-order valence-corrected chi connectivity index (χ2v) is 8.62. The molecular formula is C16H31NO5S. The Morgan fingerprint density at radius 2 is 1.83 bits per heavy atom. The first-order valence-corrected chi connectivity index (χ1v) is 10.2. The van der Waals surface area contributed by atoms with E-state index in [9.17, 15) is 8.42 Å². The fourth-order valence-electron chi connectivity index (χ4n) is 2.26. The molecule has 1 fully saturated rings. The van der Waals surface area contributed by atoms with E-state index in [4.69, 9.17) is 13.8 Å². The average molecular weight is 349 g/mol. The van der Waals surface area contributed by atoms with E-state index in [-0.39, 0.29) is 18.3 Å². The molecule has 0 bridgehead atoms. The Morgan fingerprint density at radius 1 is 1.13 bits per heavy atom. The van der Waals surface area contributed by atoms with Gasteiger partial charge in [0.2, 0.25) is 0 Å². The highest BCUT2D eigenvalue weighted by Gasteiger charge is 2.22. The van der Waals surface area contributed by atoms with Gasteiger partial charge in [0, 0.05) is 6.61 Å². The second kappa shape index (κ2) is 9.59. The van der Waals surface area contributed by atoms with Gasteiger partial charge in [0.25, 0.3) is 10.1 Å². The Kier molecular flexibility index (Phi) is 8.50. The number of ether oxygens (including phenoxy) is 1. The van der Waals surface area contributed by atoms with Gasteiger partial charge in [0.1, 0.15) is 5.60 Å². The Hall–Kier alpha value is -0.660. The molecular weight excluding hydrogens is 318 g/mol. The molecule has 0 amide bonds. The van der Waals surface area contributed by atoms with E-state index in [0.29, 0.717) is 6.61 Å². The molecule has 0 aromatic carbocycles. The fourth-order valence-corrected chi connectivity index (χ4v) is 2.68. The van der Waals surface area contributed by atoms with Crippen molar-refractivity contribution in [2.75, 3.05) is 19.5 Å². The van der Waals surface area contributed by atoms with Crippen molar-refractivity contribution in [3.8, 4) is 0 Å². The summed E-state index contributed by atoms with van der Waals surface area (Å²) in [6.07, 6.45) is 7.82. The number of oxime groups is 1. The van der Waals surface area contributed by atoms with E-state index >= 15 is 0 Å². The molecule has 1 unspecified atom stereocenters. The molecule has 1 saturated carbocycles. The zero-order chi connectivity index (χ0) is 17.3. The lowest BCUT2D eigenvalue weighted by Gasteiger charge is -2.25. The zero-order valence-electron chi connectivity index (χ0n) is 14.8. The van der Waals surface area contributed by atoms with Gasteiger partial charge in [-0.3, -0.25) is 4.18 Å². The molecule has 23 heavy (non-hydrogen) atoms. The summed E-state index contributed by atoms with van der Waals surface area (Å²) < 4.78 is 32.3. The van der Waals surface area contributed by atoms with Crippen LogP contribution in [0.4, 0.5) is 0 Å². The lowest BCUT2D eigenvalue weighted by molar-refractivity contribution is -0.00451. The molecule has 0 spiro atoms. The lowest BCUT2D eigenvalue weighted by atomic mass is 9.95. The fraction of sp³-hybridized carbons (Fsp3) is 0.938. The third-order valence-electron chi connectivity index (χ3n) is 3.36. The smallest absolute Gasteiger partial charge is 0.264 e. The molecule has 1 rings (SSSR count). The summed E-state index contributed by atoms with van der Waals surface area (Å²) in [6, 6.07) is 0. The maximum absolute atomic E-state index is 10.8. The molecule has 0 N–H and O–H groups in total. The first-order valence-electron chi connectivity index (χ1n) is 8.38. The van der Waals surface area contributed by atoms with Crippen molar-refractivity contribution in [3.63, 3.8) is 0 Å². The highest BCUT2D eigenvalue weighted by atomic mass is 32.2. The molecule has 0 aromatic heterocycles. The van der Waals surface area contributed by atoms with E-state index in [1.54, 1.807) is 0 Å². The Bertz CT molecular complexity index is 467. The first-order chi connectivity index (χ1) is 10.7. The number of rotatable bonds is 9. The highest BCUT2D eigenvalue weighted by Crippen LogP contribution is 2.20. The van der Waals surface area contributed by atoms with Crippen LogP contribution < -0.4 is 0 Å². The molecule has 1 aliphatic rings. The largest absolute Gasteiger partial charge is 0.390 e. The van der Waals surface area contributed by atoms with E-state index in [1.165, 1.54) is 0 Å².